The first-order chi connectivity index (χ1) is 5.95. The average molecular weight is 151 g/mol. The van der Waals surface area contributed by atoms with E-state index < -0.39 is 0 Å². The van der Waals surface area contributed by atoms with Crippen molar-refractivity contribution < 1.29 is 0 Å². The van der Waals surface area contributed by atoms with Crippen molar-refractivity contribution in [1.82, 2.24) is 0 Å². The van der Waals surface area contributed by atoms with Crippen LogP contribution in [0, 0.1) is 6.07 Å². The van der Waals surface area contributed by atoms with E-state index in [0.717, 1.165) is 0 Å². The molecule has 0 nitrogen and oxygen atoms in total. The molecular formula is C12H7. The minimum Gasteiger partial charge on any atom is -0.0610 e. The van der Waals surface area contributed by atoms with Gasteiger partial charge >= 0.3 is 0 Å². The van der Waals surface area contributed by atoms with Gasteiger partial charge in [-0.15, -0.1) is 0 Å². The highest BCUT2D eigenvalue weighted by molar-refractivity contribution is 5.73. The molecule has 55 valence electrons. The lowest BCUT2D eigenvalue weighted by Gasteiger charge is -1.94. The Kier molecular flexibility index (Phi) is 0.991. The highest BCUT2D eigenvalue weighted by atomic mass is 14.1. The fourth-order valence-corrected chi connectivity index (χ4v) is 1.74. The summed E-state index contributed by atoms with van der Waals surface area (Å²) in [7, 11) is 0. The van der Waals surface area contributed by atoms with Crippen LogP contribution in [0.2, 0.25) is 0 Å². The van der Waals surface area contributed by atoms with E-state index in [1.165, 1.54) is 21.6 Å². The molecule has 0 amide bonds. The summed E-state index contributed by atoms with van der Waals surface area (Å²) in [6.45, 7) is 0. The molecule has 0 aromatic heterocycles. The molecule has 2 aliphatic rings. The standard InChI is InChI=1S/C12H7/c1-3-9-7-8-10-4-2-6-12(10)11(9)5-1/h1-7H. The Morgan fingerprint density at radius 3 is 2.75 bits per heavy atom. The highest BCUT2D eigenvalue weighted by Crippen LogP contribution is 2.05. The maximum atomic E-state index is 3.26. The molecule has 0 aliphatic heterocycles. The topological polar surface area (TPSA) is 0 Å². The number of fused-ring (bicyclic) bond motifs is 3. The predicted octanol–water partition coefficient (Wildman–Crippen LogP) is 1.10. The van der Waals surface area contributed by atoms with Crippen LogP contribution in [-0.2, 0) is 0 Å². The molecule has 1 aromatic rings. The molecule has 12 heavy (non-hydrogen) atoms. The number of benzene rings is 1. The molecule has 0 fully saturated rings. The van der Waals surface area contributed by atoms with Crippen molar-refractivity contribution in [2.24, 2.45) is 0 Å². The van der Waals surface area contributed by atoms with Gasteiger partial charge in [-0.1, -0.05) is 36.5 Å². The Morgan fingerprint density at radius 1 is 0.917 bits per heavy atom. The van der Waals surface area contributed by atoms with E-state index >= 15 is 0 Å². The molecule has 0 bridgehead atoms. The summed E-state index contributed by atoms with van der Waals surface area (Å²) in [5.41, 5.74) is 2.50. The second kappa shape index (κ2) is 1.98. The predicted molar refractivity (Wildman–Crippen MR) is 51.5 cm³/mol. The number of allylic oxidation sites excluding steroid dienone is 2. The van der Waals surface area contributed by atoms with Gasteiger partial charge in [-0.05, 0) is 33.7 Å². The van der Waals surface area contributed by atoms with Crippen molar-refractivity contribution in [3.05, 3.63) is 45.8 Å². The molecule has 0 saturated heterocycles. The summed E-state index contributed by atoms with van der Waals surface area (Å²) >= 11 is 0. The molecule has 3 rings (SSSR count). The van der Waals surface area contributed by atoms with Crippen LogP contribution >= 0.6 is 0 Å². The van der Waals surface area contributed by atoms with E-state index in [1.807, 2.05) is 0 Å². The van der Waals surface area contributed by atoms with E-state index in [4.69, 9.17) is 0 Å². The molecule has 0 unspecified atom stereocenters. The van der Waals surface area contributed by atoms with Crippen molar-refractivity contribution in [3.8, 4) is 0 Å². The van der Waals surface area contributed by atoms with Crippen LogP contribution in [0.15, 0.2) is 18.2 Å². The summed E-state index contributed by atoms with van der Waals surface area (Å²) < 4.78 is 0. The van der Waals surface area contributed by atoms with Gasteiger partial charge in [-0.3, -0.25) is 0 Å². The monoisotopic (exact) mass is 151 g/mol. The first kappa shape index (κ1) is 6.01. The Morgan fingerprint density at radius 2 is 1.75 bits per heavy atom. The molecule has 1 aromatic carbocycles. The van der Waals surface area contributed by atoms with Crippen LogP contribution in [0.25, 0.3) is 24.3 Å². The van der Waals surface area contributed by atoms with Gasteiger partial charge in [0.2, 0.25) is 0 Å². The van der Waals surface area contributed by atoms with Crippen molar-refractivity contribution in [3.63, 3.8) is 0 Å². The zero-order valence-corrected chi connectivity index (χ0v) is 6.54. The fraction of sp³-hybridized carbons (Fsp3) is 0. The summed E-state index contributed by atoms with van der Waals surface area (Å²) in [4.78, 5) is 0. The van der Waals surface area contributed by atoms with Gasteiger partial charge in [-0.25, -0.2) is 0 Å². The van der Waals surface area contributed by atoms with Gasteiger partial charge in [0.25, 0.3) is 0 Å². The second-order valence-corrected chi connectivity index (χ2v) is 3.04. The van der Waals surface area contributed by atoms with Gasteiger partial charge in [0.1, 0.15) is 0 Å². The summed E-state index contributed by atoms with van der Waals surface area (Å²) in [6, 6.07) is 5.31. The van der Waals surface area contributed by atoms with E-state index in [2.05, 4.69) is 48.6 Å². The lowest BCUT2D eigenvalue weighted by Crippen LogP contribution is -2.26. The SMILES string of the molecule is [c]1cc2c(c3c1C=CC=3)=CC=C2. The van der Waals surface area contributed by atoms with Crippen LogP contribution in [0.3, 0.4) is 0 Å². The normalized spacial score (nSPS) is 15.3. The first-order valence-electron chi connectivity index (χ1n) is 4.07. The van der Waals surface area contributed by atoms with Crippen LogP contribution in [0.1, 0.15) is 11.1 Å². The van der Waals surface area contributed by atoms with E-state index in [-0.39, 0.29) is 0 Å². The quantitative estimate of drug-likeness (QED) is 0.521. The van der Waals surface area contributed by atoms with Crippen molar-refractivity contribution in [2.75, 3.05) is 0 Å². The van der Waals surface area contributed by atoms with Gasteiger partial charge < -0.3 is 0 Å². The molecule has 0 heteroatoms. The Hall–Kier alpha value is -1.56. The third-order valence-electron chi connectivity index (χ3n) is 2.34. The zero-order chi connectivity index (χ0) is 7.97. The first-order valence-corrected chi connectivity index (χ1v) is 4.07. The van der Waals surface area contributed by atoms with Crippen LogP contribution < -0.4 is 10.4 Å². The fourth-order valence-electron chi connectivity index (χ4n) is 1.74. The summed E-state index contributed by atoms with van der Waals surface area (Å²) in [5, 5.41) is 2.66. The van der Waals surface area contributed by atoms with Crippen molar-refractivity contribution in [2.45, 2.75) is 0 Å². The van der Waals surface area contributed by atoms with Gasteiger partial charge in [0.05, 0.1) is 0 Å². The minimum atomic E-state index is 1.22. The zero-order valence-electron chi connectivity index (χ0n) is 6.54. The minimum absolute atomic E-state index is 1.22. The third kappa shape index (κ3) is 0.620. The second-order valence-electron chi connectivity index (χ2n) is 3.04. The van der Waals surface area contributed by atoms with Gasteiger partial charge in [-0.2, -0.15) is 0 Å². The summed E-state index contributed by atoms with van der Waals surface area (Å²) in [6.07, 6.45) is 12.7. The number of hydrogen-bond acceptors (Lipinski definition) is 0. The summed E-state index contributed by atoms with van der Waals surface area (Å²) in [5.74, 6) is 0. The maximum absolute atomic E-state index is 3.26. The molecule has 0 atom stereocenters. The largest absolute Gasteiger partial charge is 0.0610 e. The molecule has 2 aliphatic carbocycles. The smallest absolute Gasteiger partial charge is 0.00926 e. The molecule has 0 heterocycles. The third-order valence-corrected chi connectivity index (χ3v) is 2.34. The maximum Gasteiger partial charge on any atom is -0.00926 e. The van der Waals surface area contributed by atoms with E-state index in [1.54, 1.807) is 0 Å². The van der Waals surface area contributed by atoms with Crippen LogP contribution in [-0.4, -0.2) is 0 Å². The van der Waals surface area contributed by atoms with Crippen molar-refractivity contribution >= 4 is 24.3 Å². The Balaban J connectivity index is 2.58. The van der Waals surface area contributed by atoms with Gasteiger partial charge in [0, 0.05) is 0 Å². The highest BCUT2D eigenvalue weighted by Gasteiger charge is 2.03. The number of rotatable bonds is 0. The Labute approximate surface area is 70.9 Å². The lowest BCUT2D eigenvalue weighted by molar-refractivity contribution is 1.48. The molecule has 1 radical (unpaired) electrons. The molecule has 0 spiro atoms. The van der Waals surface area contributed by atoms with Gasteiger partial charge in [0.15, 0.2) is 0 Å². The number of hydrogen-bond donors (Lipinski definition) is 0. The lowest BCUT2D eigenvalue weighted by atomic mass is 10.1. The molecular weight excluding hydrogens is 144 g/mol. The Bertz CT molecular complexity index is 465. The average Bonchev–Trinajstić information content (AvgIpc) is 2.71. The van der Waals surface area contributed by atoms with Crippen LogP contribution in [0.4, 0.5) is 0 Å². The van der Waals surface area contributed by atoms with Crippen molar-refractivity contribution in [1.29, 1.82) is 0 Å². The van der Waals surface area contributed by atoms with Crippen LogP contribution in [0.5, 0.6) is 0 Å². The molecule has 0 N–H and O–H groups in total. The molecule has 0 saturated carbocycles. The van der Waals surface area contributed by atoms with E-state index in [9.17, 15) is 0 Å². The van der Waals surface area contributed by atoms with E-state index in [0.29, 0.717) is 0 Å².